The Bertz CT molecular complexity index is 1220. The highest BCUT2D eigenvalue weighted by Gasteiger charge is 2.24. The molecule has 0 saturated carbocycles. The Kier molecular flexibility index (Phi) is 8.85. The number of nitrogens with zero attached hydrogens (tertiary/aromatic N) is 2. The topological polar surface area (TPSA) is 139 Å². The summed E-state index contributed by atoms with van der Waals surface area (Å²) < 4.78 is 11.9. The van der Waals surface area contributed by atoms with Gasteiger partial charge in [0.25, 0.3) is 11.8 Å². The standard InChI is InChI=1S/C25H27BrN6O4/c1-5-28-21(15(4)26)24(33)31-32-25(34)22-17-8-11-19(36-14(2)3)20(12-17)35-13-29-23(27)16-6-9-18(30-22)10-7-16/h5-12,14,22,30H,1,4,13H2,2-3H3,(H2,27,29)(H,31,33)(H,32,34). The summed E-state index contributed by atoms with van der Waals surface area (Å²) in [5.74, 6) is -0.0211. The molecule has 2 aliphatic heterocycles. The van der Waals surface area contributed by atoms with Gasteiger partial charge >= 0.3 is 0 Å². The summed E-state index contributed by atoms with van der Waals surface area (Å²) in [7, 11) is 0. The number of fused-ring (bicyclic) bond motifs is 5. The predicted octanol–water partition coefficient (Wildman–Crippen LogP) is 3.32. The molecule has 0 saturated heterocycles. The highest BCUT2D eigenvalue weighted by molar-refractivity contribution is 9.12. The molecule has 5 N–H and O–H groups in total. The fourth-order valence-corrected chi connectivity index (χ4v) is 3.51. The lowest BCUT2D eigenvalue weighted by atomic mass is 10.0. The van der Waals surface area contributed by atoms with E-state index in [4.69, 9.17) is 15.2 Å². The average Bonchev–Trinajstić information content (AvgIpc) is 2.85. The number of hydrogen-bond acceptors (Lipinski definition) is 8. The van der Waals surface area contributed by atoms with Crippen LogP contribution in [0.4, 0.5) is 5.69 Å². The fraction of sp³-hybridized carbons (Fsp3) is 0.200. The third-order valence-corrected chi connectivity index (χ3v) is 5.24. The number of nitrogens with two attached hydrogens (primary N) is 1. The second kappa shape index (κ2) is 12.0. The summed E-state index contributed by atoms with van der Waals surface area (Å²) in [4.78, 5) is 33.9. The van der Waals surface area contributed by atoms with Crippen molar-refractivity contribution in [3.63, 3.8) is 0 Å². The van der Waals surface area contributed by atoms with Gasteiger partial charge in [0.05, 0.1) is 6.10 Å². The van der Waals surface area contributed by atoms with Crippen molar-refractivity contribution in [3.8, 4) is 11.5 Å². The van der Waals surface area contributed by atoms with Crippen LogP contribution in [0.5, 0.6) is 11.5 Å². The molecule has 1 atom stereocenters. The molecule has 36 heavy (non-hydrogen) atoms. The van der Waals surface area contributed by atoms with E-state index in [1.807, 2.05) is 13.8 Å². The number of anilines is 1. The minimum Gasteiger partial charge on any atom is -0.487 e. The van der Waals surface area contributed by atoms with E-state index in [-0.39, 0.29) is 23.0 Å². The SMILES string of the molecule is C=CN=C(C(=C)Br)C(=O)NNC(=O)C1Nc2ccc(cc2)/C(N)=N\COc2cc1ccc2OC(C)C. The summed E-state index contributed by atoms with van der Waals surface area (Å²) in [6, 6.07) is 11.3. The molecule has 2 amide bonds. The van der Waals surface area contributed by atoms with Gasteiger partial charge in [0.2, 0.25) is 0 Å². The lowest BCUT2D eigenvalue weighted by Crippen LogP contribution is -2.47. The first-order chi connectivity index (χ1) is 17.2. The number of carbonyl (C=O) groups is 2. The summed E-state index contributed by atoms with van der Waals surface area (Å²) in [6.07, 6.45) is 1.09. The molecule has 0 aromatic heterocycles. The van der Waals surface area contributed by atoms with Crippen molar-refractivity contribution >= 4 is 45.0 Å². The number of nitrogens with one attached hydrogen (secondary N) is 3. The van der Waals surface area contributed by atoms with Gasteiger partial charge < -0.3 is 20.5 Å². The number of aliphatic imine (C=N–C) groups is 2. The van der Waals surface area contributed by atoms with Gasteiger partial charge in [0, 0.05) is 21.9 Å². The summed E-state index contributed by atoms with van der Waals surface area (Å²) in [5, 5.41) is 3.18. The molecule has 11 heteroatoms. The van der Waals surface area contributed by atoms with Gasteiger partial charge in [-0.2, -0.15) is 0 Å². The van der Waals surface area contributed by atoms with E-state index in [1.54, 1.807) is 42.5 Å². The molecule has 4 bridgehead atoms. The number of ether oxygens (including phenoxy) is 2. The molecule has 10 nitrogen and oxygen atoms in total. The van der Waals surface area contributed by atoms with E-state index in [1.165, 1.54) is 6.20 Å². The maximum atomic E-state index is 13.3. The minimum atomic E-state index is -0.919. The molecule has 2 aromatic rings. The van der Waals surface area contributed by atoms with Crippen LogP contribution in [0.15, 0.2) is 76.3 Å². The van der Waals surface area contributed by atoms with Crippen LogP contribution in [0.1, 0.15) is 31.0 Å². The van der Waals surface area contributed by atoms with Crippen LogP contribution in [-0.2, 0) is 9.59 Å². The van der Waals surface area contributed by atoms with Gasteiger partial charge in [0.15, 0.2) is 18.2 Å². The Morgan fingerprint density at radius 1 is 1.28 bits per heavy atom. The third-order valence-electron chi connectivity index (χ3n) is 4.86. The number of hydrazine groups is 1. The van der Waals surface area contributed by atoms with Gasteiger partial charge in [-0.25, -0.2) is 4.99 Å². The number of halogens is 1. The molecule has 0 spiro atoms. The maximum absolute atomic E-state index is 13.3. The van der Waals surface area contributed by atoms with Crippen LogP contribution in [0.25, 0.3) is 0 Å². The Morgan fingerprint density at radius 3 is 2.64 bits per heavy atom. The molecule has 0 fully saturated rings. The molecule has 1 unspecified atom stereocenters. The summed E-state index contributed by atoms with van der Waals surface area (Å²) in [5.41, 5.74) is 12.7. The van der Waals surface area contributed by atoms with E-state index in [9.17, 15) is 9.59 Å². The second-order valence-electron chi connectivity index (χ2n) is 7.85. The first-order valence-electron chi connectivity index (χ1n) is 10.9. The van der Waals surface area contributed by atoms with E-state index >= 15 is 0 Å². The zero-order chi connectivity index (χ0) is 26.2. The Balaban J connectivity index is 1.96. The molecule has 188 valence electrons. The number of benzene rings is 2. The van der Waals surface area contributed by atoms with Gasteiger partial charge in [-0.05, 0) is 71.7 Å². The van der Waals surface area contributed by atoms with Crippen molar-refractivity contribution in [2.45, 2.75) is 26.0 Å². The van der Waals surface area contributed by atoms with Crippen LogP contribution in [-0.4, -0.2) is 36.2 Å². The lowest BCUT2D eigenvalue weighted by Gasteiger charge is -2.22. The monoisotopic (exact) mass is 554 g/mol. The Labute approximate surface area is 217 Å². The zero-order valence-electron chi connectivity index (χ0n) is 19.9. The minimum absolute atomic E-state index is 0.0350. The van der Waals surface area contributed by atoms with E-state index in [0.717, 1.165) is 0 Å². The van der Waals surface area contributed by atoms with Crippen molar-refractivity contribution in [1.29, 1.82) is 0 Å². The van der Waals surface area contributed by atoms with E-state index in [2.05, 4.69) is 55.2 Å². The lowest BCUT2D eigenvalue weighted by molar-refractivity contribution is -0.126. The Hall–Kier alpha value is -4.12. The molecule has 2 aliphatic rings. The predicted molar refractivity (Wildman–Crippen MR) is 143 cm³/mol. The largest absolute Gasteiger partial charge is 0.487 e. The molecule has 4 rings (SSSR count). The van der Waals surface area contributed by atoms with Gasteiger partial charge in [-0.15, -0.1) is 0 Å². The van der Waals surface area contributed by atoms with Crippen molar-refractivity contribution in [1.82, 2.24) is 10.9 Å². The van der Waals surface area contributed by atoms with Crippen molar-refractivity contribution < 1.29 is 19.1 Å². The molecule has 2 aromatic carbocycles. The van der Waals surface area contributed by atoms with Crippen LogP contribution in [0, 0.1) is 0 Å². The van der Waals surface area contributed by atoms with Crippen LogP contribution in [0.3, 0.4) is 0 Å². The van der Waals surface area contributed by atoms with Crippen molar-refractivity contribution in [2.24, 2.45) is 15.7 Å². The Morgan fingerprint density at radius 2 is 2.00 bits per heavy atom. The van der Waals surface area contributed by atoms with E-state index in [0.29, 0.717) is 34.1 Å². The second-order valence-corrected chi connectivity index (χ2v) is 8.81. The first-order valence-corrected chi connectivity index (χ1v) is 11.7. The quantitative estimate of drug-likeness (QED) is 0.319. The van der Waals surface area contributed by atoms with Crippen molar-refractivity contribution in [2.75, 3.05) is 12.0 Å². The number of carbonyl (C=O) groups excluding carboxylic acids is 2. The smallest absolute Gasteiger partial charge is 0.289 e. The molecule has 0 radical (unpaired) electrons. The van der Waals surface area contributed by atoms with Crippen LogP contribution >= 0.6 is 15.9 Å². The molecule has 2 heterocycles. The van der Waals surface area contributed by atoms with Crippen molar-refractivity contribution in [3.05, 3.63) is 77.4 Å². The van der Waals surface area contributed by atoms with E-state index < -0.39 is 17.9 Å². The van der Waals surface area contributed by atoms with Gasteiger partial charge in [-0.1, -0.05) is 19.2 Å². The molecular formula is C25H27BrN6O4. The number of hydrogen-bond donors (Lipinski definition) is 4. The highest BCUT2D eigenvalue weighted by Crippen LogP contribution is 2.33. The highest BCUT2D eigenvalue weighted by atomic mass is 79.9. The molecule has 0 aliphatic carbocycles. The summed E-state index contributed by atoms with van der Waals surface area (Å²) >= 11 is 3.12. The molecular weight excluding hydrogens is 528 g/mol. The average molecular weight is 555 g/mol. The zero-order valence-corrected chi connectivity index (χ0v) is 21.5. The number of rotatable bonds is 6. The maximum Gasteiger partial charge on any atom is 0.289 e. The normalized spacial score (nSPS) is 16.6. The first kappa shape index (κ1) is 26.5. The number of amides is 2. The number of amidine groups is 1. The van der Waals surface area contributed by atoms with Crippen LogP contribution < -0.4 is 31.4 Å². The van der Waals surface area contributed by atoms with Gasteiger partial charge in [-0.3, -0.25) is 25.4 Å². The third kappa shape index (κ3) is 6.72. The van der Waals surface area contributed by atoms with Crippen LogP contribution in [0.2, 0.25) is 0 Å². The fourth-order valence-electron chi connectivity index (χ4n) is 3.23. The van der Waals surface area contributed by atoms with Gasteiger partial charge in [0.1, 0.15) is 17.6 Å². The summed E-state index contributed by atoms with van der Waals surface area (Å²) in [6.45, 7) is 10.9.